The predicted octanol–water partition coefficient (Wildman–Crippen LogP) is 2.81. The van der Waals surface area contributed by atoms with Gasteiger partial charge in [0.25, 0.3) is 0 Å². The van der Waals surface area contributed by atoms with E-state index in [-0.39, 0.29) is 23.9 Å². The summed E-state index contributed by atoms with van der Waals surface area (Å²) in [5, 5.41) is 2.80. The Hall–Kier alpha value is -2.58. The van der Waals surface area contributed by atoms with E-state index < -0.39 is 10.0 Å². The van der Waals surface area contributed by atoms with E-state index in [0.29, 0.717) is 43.6 Å². The summed E-state index contributed by atoms with van der Waals surface area (Å²) < 4.78 is 38.8. The third-order valence-corrected chi connectivity index (χ3v) is 6.60. The van der Waals surface area contributed by atoms with Crippen molar-refractivity contribution >= 4 is 15.9 Å². The number of nitrogens with one attached hydrogen (secondary N) is 1. The quantitative estimate of drug-likeness (QED) is 0.659. The van der Waals surface area contributed by atoms with Gasteiger partial charge in [0.15, 0.2) is 11.5 Å². The first-order valence-corrected chi connectivity index (χ1v) is 11.5. The van der Waals surface area contributed by atoms with Crippen LogP contribution in [0.2, 0.25) is 0 Å². The largest absolute Gasteiger partial charge is 0.486 e. The van der Waals surface area contributed by atoms with Crippen LogP contribution in [0.1, 0.15) is 25.8 Å². The molecule has 0 radical (unpaired) electrons. The van der Waals surface area contributed by atoms with Crippen LogP contribution >= 0.6 is 0 Å². The highest BCUT2D eigenvalue weighted by Crippen LogP contribution is 2.33. The van der Waals surface area contributed by atoms with Crippen molar-refractivity contribution in [3.63, 3.8) is 0 Å². The smallest absolute Gasteiger partial charge is 0.243 e. The minimum Gasteiger partial charge on any atom is -0.486 e. The number of carbonyl (C=O) groups is 1. The number of benzene rings is 2. The van der Waals surface area contributed by atoms with E-state index >= 15 is 0 Å². The third-order valence-electron chi connectivity index (χ3n) is 4.76. The van der Waals surface area contributed by atoms with Crippen molar-refractivity contribution in [2.24, 2.45) is 5.92 Å². The molecule has 162 valence electrons. The Kier molecular flexibility index (Phi) is 7.33. The molecule has 0 aliphatic carbocycles. The van der Waals surface area contributed by atoms with Gasteiger partial charge in [-0.25, -0.2) is 8.42 Å². The van der Waals surface area contributed by atoms with Gasteiger partial charge in [0.2, 0.25) is 15.9 Å². The van der Waals surface area contributed by atoms with Gasteiger partial charge in [-0.3, -0.25) is 4.79 Å². The highest BCUT2D eigenvalue weighted by molar-refractivity contribution is 7.89. The summed E-state index contributed by atoms with van der Waals surface area (Å²) in [5.41, 5.74) is 0.953. The number of rotatable bonds is 9. The highest BCUT2D eigenvalue weighted by atomic mass is 32.2. The van der Waals surface area contributed by atoms with Gasteiger partial charge < -0.3 is 14.8 Å². The van der Waals surface area contributed by atoms with Crippen LogP contribution in [0.5, 0.6) is 11.5 Å². The summed E-state index contributed by atoms with van der Waals surface area (Å²) in [6.07, 6.45) is 0.649. The number of fused-ring (bicyclic) bond motifs is 1. The molecule has 7 nitrogen and oxygen atoms in total. The normalized spacial score (nSPS) is 13.5. The molecule has 8 heteroatoms. The Morgan fingerprint density at radius 3 is 2.47 bits per heavy atom. The Labute approximate surface area is 178 Å². The van der Waals surface area contributed by atoms with Crippen LogP contribution in [0, 0.1) is 5.92 Å². The van der Waals surface area contributed by atoms with E-state index in [4.69, 9.17) is 9.47 Å². The lowest BCUT2D eigenvalue weighted by Crippen LogP contribution is -2.41. The average Bonchev–Trinajstić information content (AvgIpc) is 2.75. The van der Waals surface area contributed by atoms with Crippen LogP contribution in [0.4, 0.5) is 0 Å². The Bertz CT molecular complexity index is 961. The van der Waals surface area contributed by atoms with Crippen molar-refractivity contribution in [2.75, 3.05) is 26.3 Å². The number of nitrogens with zero attached hydrogens (tertiary/aromatic N) is 1. The Morgan fingerprint density at radius 1 is 1.07 bits per heavy atom. The number of ether oxygens (including phenoxy) is 2. The molecule has 3 rings (SSSR count). The van der Waals surface area contributed by atoms with E-state index in [1.54, 1.807) is 6.07 Å². The van der Waals surface area contributed by atoms with E-state index in [9.17, 15) is 13.2 Å². The second-order valence-corrected chi connectivity index (χ2v) is 9.53. The molecule has 2 aromatic carbocycles. The summed E-state index contributed by atoms with van der Waals surface area (Å²) in [6.45, 7) is 5.21. The topological polar surface area (TPSA) is 84.9 Å². The second-order valence-electron chi connectivity index (χ2n) is 7.59. The Morgan fingerprint density at radius 2 is 1.77 bits per heavy atom. The zero-order valence-electron chi connectivity index (χ0n) is 17.3. The van der Waals surface area contributed by atoms with Crippen LogP contribution in [0.3, 0.4) is 0 Å². The molecule has 1 N–H and O–H groups in total. The maximum atomic E-state index is 13.3. The molecule has 30 heavy (non-hydrogen) atoms. The molecular formula is C22H28N2O5S. The second kappa shape index (κ2) is 9.95. The van der Waals surface area contributed by atoms with Crippen molar-refractivity contribution < 1.29 is 22.7 Å². The molecule has 2 aromatic rings. The molecular weight excluding hydrogens is 404 g/mol. The summed E-state index contributed by atoms with van der Waals surface area (Å²) in [7, 11) is -3.87. The van der Waals surface area contributed by atoms with Crippen molar-refractivity contribution in [1.29, 1.82) is 0 Å². The fourth-order valence-electron chi connectivity index (χ4n) is 3.03. The molecule has 1 aliphatic heterocycles. The average molecular weight is 433 g/mol. The van der Waals surface area contributed by atoms with E-state index in [1.165, 1.54) is 16.4 Å². The van der Waals surface area contributed by atoms with Gasteiger partial charge in [-0.05, 0) is 30.0 Å². The van der Waals surface area contributed by atoms with E-state index in [1.807, 2.05) is 44.2 Å². The van der Waals surface area contributed by atoms with Crippen LogP contribution in [0.15, 0.2) is 53.4 Å². The maximum Gasteiger partial charge on any atom is 0.243 e. The molecule has 0 aromatic heterocycles. The summed E-state index contributed by atoms with van der Waals surface area (Å²) in [6, 6.07) is 14.1. The first-order chi connectivity index (χ1) is 14.4. The first kappa shape index (κ1) is 22.1. The van der Waals surface area contributed by atoms with Crippen LogP contribution in [0.25, 0.3) is 0 Å². The summed E-state index contributed by atoms with van der Waals surface area (Å²) in [5.74, 6) is 0.883. The number of sulfonamides is 1. The van der Waals surface area contributed by atoms with Crippen molar-refractivity contribution in [1.82, 2.24) is 9.62 Å². The minimum atomic E-state index is -3.87. The molecule has 1 heterocycles. The van der Waals surface area contributed by atoms with Gasteiger partial charge in [0.05, 0.1) is 11.4 Å². The monoisotopic (exact) mass is 432 g/mol. The molecule has 0 saturated heterocycles. The molecule has 1 aliphatic rings. The number of hydrogen-bond acceptors (Lipinski definition) is 5. The molecule has 0 saturated carbocycles. The summed E-state index contributed by atoms with van der Waals surface area (Å²) >= 11 is 0. The molecule has 0 fully saturated rings. The number of amides is 1. The minimum absolute atomic E-state index is 0.0892. The predicted molar refractivity (Wildman–Crippen MR) is 114 cm³/mol. The Balaban J connectivity index is 1.75. The molecule has 0 spiro atoms. The number of hydrogen-bond donors (Lipinski definition) is 1. The van der Waals surface area contributed by atoms with Crippen molar-refractivity contribution in [3.8, 4) is 11.5 Å². The van der Waals surface area contributed by atoms with Gasteiger partial charge in [-0.15, -0.1) is 0 Å². The van der Waals surface area contributed by atoms with Gasteiger partial charge in [-0.1, -0.05) is 44.2 Å². The lowest BCUT2D eigenvalue weighted by molar-refractivity contribution is -0.121. The van der Waals surface area contributed by atoms with Gasteiger partial charge in [0.1, 0.15) is 13.2 Å². The third kappa shape index (κ3) is 5.73. The van der Waals surface area contributed by atoms with Gasteiger partial charge in [-0.2, -0.15) is 4.31 Å². The summed E-state index contributed by atoms with van der Waals surface area (Å²) in [4.78, 5) is 12.6. The zero-order valence-corrected chi connectivity index (χ0v) is 18.2. The molecule has 0 bridgehead atoms. The van der Waals surface area contributed by atoms with E-state index in [2.05, 4.69) is 5.32 Å². The van der Waals surface area contributed by atoms with Gasteiger partial charge in [0, 0.05) is 19.2 Å². The lowest BCUT2D eigenvalue weighted by Gasteiger charge is -2.24. The fourth-order valence-corrected chi connectivity index (χ4v) is 4.46. The molecule has 0 atom stereocenters. The number of carbonyl (C=O) groups excluding carboxylic acids is 1. The lowest BCUT2D eigenvalue weighted by atomic mass is 10.1. The van der Waals surface area contributed by atoms with Crippen LogP contribution in [-0.4, -0.2) is 44.9 Å². The SMILES string of the molecule is CC(C)CCN(CC(=O)NCc1ccccc1)S(=O)(=O)c1ccc2c(c1)OCCO2. The maximum absolute atomic E-state index is 13.3. The first-order valence-electron chi connectivity index (χ1n) is 10.1. The molecule has 1 amide bonds. The van der Waals surface area contributed by atoms with Crippen LogP contribution in [-0.2, 0) is 21.4 Å². The van der Waals surface area contributed by atoms with Crippen LogP contribution < -0.4 is 14.8 Å². The standard InChI is InChI=1S/C22H28N2O5S/c1-17(2)10-11-24(16-22(25)23-15-18-6-4-3-5-7-18)30(26,27)19-8-9-20-21(14-19)29-13-12-28-20/h3-9,14,17H,10-13,15-16H2,1-2H3,(H,23,25). The zero-order chi connectivity index (χ0) is 21.6. The van der Waals surface area contributed by atoms with Crippen molar-refractivity contribution in [2.45, 2.75) is 31.7 Å². The fraction of sp³-hybridized carbons (Fsp3) is 0.409. The van der Waals surface area contributed by atoms with Gasteiger partial charge >= 0.3 is 0 Å². The highest BCUT2D eigenvalue weighted by Gasteiger charge is 2.28. The van der Waals surface area contributed by atoms with E-state index in [0.717, 1.165) is 5.56 Å². The molecule has 0 unspecified atom stereocenters. The van der Waals surface area contributed by atoms with Crippen molar-refractivity contribution in [3.05, 3.63) is 54.1 Å².